The third-order valence-corrected chi connectivity index (χ3v) is 7.17. The number of hydrogen-bond donors (Lipinski definition) is 3. The fourth-order valence-corrected chi connectivity index (χ4v) is 5.14. The van der Waals surface area contributed by atoms with Gasteiger partial charge < -0.3 is 25.0 Å². The number of piperidine rings is 1. The van der Waals surface area contributed by atoms with Crippen molar-refractivity contribution in [2.45, 2.75) is 25.5 Å². The maximum Gasteiger partial charge on any atom is 0.337 e. The van der Waals surface area contributed by atoms with Crippen molar-refractivity contribution in [1.82, 2.24) is 15.3 Å². The van der Waals surface area contributed by atoms with Crippen LogP contribution in [0.3, 0.4) is 0 Å². The first kappa shape index (κ1) is 22.1. The summed E-state index contributed by atoms with van der Waals surface area (Å²) >= 11 is 7.43. The highest BCUT2D eigenvalue weighted by atomic mass is 35.5. The second-order valence-electron chi connectivity index (χ2n) is 7.47. The number of aromatic amines is 1. The monoisotopic (exact) mass is 473 g/mol. The number of halogens is 1. The van der Waals surface area contributed by atoms with Crippen LogP contribution in [0.5, 0.6) is 0 Å². The lowest BCUT2D eigenvalue weighted by molar-refractivity contribution is 0.0540. The van der Waals surface area contributed by atoms with Crippen molar-refractivity contribution in [3.8, 4) is 6.07 Å². The number of benzene rings is 1. The van der Waals surface area contributed by atoms with Gasteiger partial charge in [-0.1, -0.05) is 29.0 Å². The van der Waals surface area contributed by atoms with Crippen molar-refractivity contribution in [2.75, 3.05) is 25.1 Å². The van der Waals surface area contributed by atoms with Gasteiger partial charge in [-0.2, -0.15) is 5.26 Å². The Balaban J connectivity index is 1.51. The van der Waals surface area contributed by atoms with Crippen LogP contribution in [0, 0.1) is 18.3 Å². The van der Waals surface area contributed by atoms with E-state index in [-0.39, 0.29) is 34.0 Å². The van der Waals surface area contributed by atoms with Crippen molar-refractivity contribution in [2.24, 2.45) is 0 Å². The number of nitrogens with one attached hydrogen (secondary N) is 2. The molecule has 11 heteroatoms. The number of anilines is 1. The van der Waals surface area contributed by atoms with E-state index in [0.717, 1.165) is 0 Å². The second-order valence-corrected chi connectivity index (χ2v) is 8.83. The van der Waals surface area contributed by atoms with Crippen LogP contribution in [0.25, 0.3) is 10.2 Å². The number of aryl methyl sites for hydroxylation is 1. The molecule has 2 aromatic heterocycles. The number of ether oxygens (including phenoxy) is 1. The number of carboxylic acid groups (broad SMARTS) is 1. The van der Waals surface area contributed by atoms with E-state index in [1.165, 1.54) is 11.3 Å². The van der Waals surface area contributed by atoms with Gasteiger partial charge in [0, 0.05) is 25.9 Å². The van der Waals surface area contributed by atoms with Gasteiger partial charge in [-0.15, -0.1) is 0 Å². The number of H-pyrrole nitrogens is 1. The van der Waals surface area contributed by atoms with Crippen molar-refractivity contribution in [3.05, 3.63) is 45.7 Å². The first-order valence-electron chi connectivity index (χ1n) is 9.83. The van der Waals surface area contributed by atoms with E-state index in [0.29, 0.717) is 40.6 Å². The van der Waals surface area contributed by atoms with Crippen LogP contribution >= 0.6 is 22.9 Å². The number of aromatic carboxylic acids is 1. The minimum atomic E-state index is -0.988. The average molecular weight is 474 g/mol. The van der Waals surface area contributed by atoms with E-state index in [9.17, 15) is 20.0 Å². The van der Waals surface area contributed by atoms with Crippen molar-refractivity contribution < 1.29 is 19.4 Å². The number of amides is 1. The van der Waals surface area contributed by atoms with E-state index >= 15 is 0 Å². The Morgan fingerprint density at radius 2 is 2.25 bits per heavy atom. The molecule has 0 radical (unpaired) electrons. The van der Waals surface area contributed by atoms with E-state index in [1.807, 2.05) is 11.0 Å². The van der Waals surface area contributed by atoms with Crippen molar-refractivity contribution in [3.63, 3.8) is 0 Å². The molecule has 3 N–H and O–H groups in total. The Hall–Kier alpha value is -3.13. The second kappa shape index (κ2) is 8.78. The molecular formula is C21H20ClN5O4S. The summed E-state index contributed by atoms with van der Waals surface area (Å²) in [5.41, 5.74) is 1.68. The third kappa shape index (κ3) is 3.90. The van der Waals surface area contributed by atoms with Gasteiger partial charge in [0.1, 0.15) is 17.3 Å². The number of nitrogens with zero attached hydrogens (tertiary/aromatic N) is 3. The number of carbonyl (C=O) groups excluding carboxylic acids is 1. The zero-order chi connectivity index (χ0) is 23.0. The number of methoxy groups -OCH3 is 1. The summed E-state index contributed by atoms with van der Waals surface area (Å²) in [5.74, 6) is -1.40. The molecule has 166 valence electrons. The molecule has 0 aliphatic carbocycles. The van der Waals surface area contributed by atoms with Gasteiger partial charge in [0.05, 0.1) is 32.9 Å². The molecule has 9 nitrogen and oxygen atoms in total. The Morgan fingerprint density at radius 1 is 1.47 bits per heavy atom. The molecule has 0 bridgehead atoms. The van der Waals surface area contributed by atoms with E-state index < -0.39 is 11.9 Å². The molecule has 3 aromatic rings. The van der Waals surface area contributed by atoms with Gasteiger partial charge in [0.25, 0.3) is 5.91 Å². The van der Waals surface area contributed by atoms with Gasteiger partial charge in [0.15, 0.2) is 5.13 Å². The molecule has 0 spiro atoms. The first-order chi connectivity index (χ1) is 15.3. The van der Waals surface area contributed by atoms with Gasteiger partial charge in [-0.05, 0) is 25.5 Å². The highest BCUT2D eigenvalue weighted by Crippen LogP contribution is 2.33. The predicted molar refractivity (Wildman–Crippen MR) is 121 cm³/mol. The summed E-state index contributed by atoms with van der Waals surface area (Å²) in [5, 5.41) is 22.7. The normalized spacial score (nSPS) is 18.5. The molecule has 32 heavy (non-hydrogen) atoms. The molecule has 1 aliphatic rings. The summed E-state index contributed by atoms with van der Waals surface area (Å²) in [6.45, 7) is 2.77. The van der Waals surface area contributed by atoms with E-state index in [1.54, 1.807) is 32.2 Å². The third-order valence-electron chi connectivity index (χ3n) is 5.53. The first-order valence-corrected chi connectivity index (χ1v) is 11.0. The number of carbonyl (C=O) groups is 2. The van der Waals surface area contributed by atoms with Gasteiger partial charge >= 0.3 is 5.97 Å². The average Bonchev–Trinajstić information content (AvgIpc) is 3.34. The highest BCUT2D eigenvalue weighted by molar-refractivity contribution is 7.22. The molecule has 0 unspecified atom stereocenters. The minimum Gasteiger partial charge on any atom is -0.478 e. The topological polar surface area (TPSA) is 131 Å². The van der Waals surface area contributed by atoms with Crippen LogP contribution in [-0.4, -0.2) is 59.3 Å². The molecule has 1 aromatic carbocycles. The van der Waals surface area contributed by atoms with Gasteiger partial charge in [0.2, 0.25) is 0 Å². The number of aromatic nitrogens is 2. The minimum absolute atomic E-state index is 0.122. The molecule has 1 fully saturated rings. The fourth-order valence-electron chi connectivity index (χ4n) is 3.85. The number of carboxylic acids is 1. The van der Waals surface area contributed by atoms with Crippen molar-refractivity contribution in [1.29, 1.82) is 5.26 Å². The standard InChI is InChI=1S/C21H20ClN5O4S/c1-10-16(22)12(8-23)17(24-10)19(28)25-13-6-7-27(9-15(13)31-2)21-26-14-5-3-4-11(20(29)30)18(14)32-21/h3-5,13,15,24H,6-7,9H2,1-2H3,(H,25,28)(H,29,30)/t13-,15+/m1/s1. The molecule has 3 heterocycles. The number of fused-ring (bicyclic) bond motifs is 1. The zero-order valence-corrected chi connectivity index (χ0v) is 18.9. The number of thiazole rings is 1. The molecule has 1 amide bonds. The summed E-state index contributed by atoms with van der Waals surface area (Å²) in [6, 6.07) is 6.73. The quantitative estimate of drug-likeness (QED) is 0.518. The van der Waals surface area contributed by atoms with Crippen LogP contribution in [0.4, 0.5) is 5.13 Å². The summed E-state index contributed by atoms with van der Waals surface area (Å²) < 4.78 is 6.27. The van der Waals surface area contributed by atoms with Crippen LogP contribution in [0.15, 0.2) is 18.2 Å². The molecule has 4 rings (SSSR count). The van der Waals surface area contributed by atoms with Gasteiger partial charge in [-0.25, -0.2) is 9.78 Å². The Bertz CT molecular complexity index is 1250. The Kier molecular flexibility index (Phi) is 6.06. The molecule has 1 aliphatic heterocycles. The summed E-state index contributed by atoms with van der Waals surface area (Å²) in [6.07, 6.45) is 0.261. The zero-order valence-electron chi connectivity index (χ0n) is 17.3. The molecule has 0 saturated carbocycles. The molecule has 2 atom stereocenters. The fraction of sp³-hybridized carbons (Fsp3) is 0.333. The van der Waals surface area contributed by atoms with E-state index in [2.05, 4.69) is 15.3 Å². The van der Waals surface area contributed by atoms with Crippen LogP contribution in [0.1, 0.15) is 38.5 Å². The number of hydrogen-bond acceptors (Lipinski definition) is 7. The number of rotatable bonds is 5. The maximum absolute atomic E-state index is 12.8. The Morgan fingerprint density at radius 3 is 2.94 bits per heavy atom. The predicted octanol–water partition coefficient (Wildman–Crippen LogP) is 3.18. The molecular weight excluding hydrogens is 454 g/mol. The SMILES string of the molecule is CO[C@H]1CN(c2nc3cccc(C(=O)O)c3s2)CC[C@H]1NC(=O)c1[nH]c(C)c(Cl)c1C#N. The number of nitriles is 1. The van der Waals surface area contributed by atoms with Crippen molar-refractivity contribution >= 4 is 50.2 Å². The summed E-state index contributed by atoms with van der Waals surface area (Å²) in [7, 11) is 1.57. The highest BCUT2D eigenvalue weighted by Gasteiger charge is 2.33. The van der Waals surface area contributed by atoms with Crippen LogP contribution in [-0.2, 0) is 4.74 Å². The maximum atomic E-state index is 12.8. The lowest BCUT2D eigenvalue weighted by atomic mass is 10.0. The largest absolute Gasteiger partial charge is 0.478 e. The van der Waals surface area contributed by atoms with Crippen LogP contribution < -0.4 is 10.2 Å². The smallest absolute Gasteiger partial charge is 0.337 e. The lowest BCUT2D eigenvalue weighted by Crippen LogP contribution is -2.55. The van der Waals surface area contributed by atoms with E-state index in [4.69, 9.17) is 16.3 Å². The molecule has 1 saturated heterocycles. The Labute approximate surface area is 192 Å². The lowest BCUT2D eigenvalue weighted by Gasteiger charge is -2.37. The van der Waals surface area contributed by atoms with Gasteiger partial charge in [-0.3, -0.25) is 4.79 Å². The summed E-state index contributed by atoms with van der Waals surface area (Å²) in [4.78, 5) is 33.8. The van der Waals surface area contributed by atoms with Crippen LogP contribution in [0.2, 0.25) is 5.02 Å².